The van der Waals surface area contributed by atoms with Crippen LogP contribution in [0.3, 0.4) is 0 Å². The summed E-state index contributed by atoms with van der Waals surface area (Å²) in [6.45, 7) is 1.50. The Balaban J connectivity index is 1.81. The lowest BCUT2D eigenvalue weighted by Gasteiger charge is -2.23. The normalized spacial score (nSPS) is 17.9. The Morgan fingerprint density at radius 3 is 2.96 bits per heavy atom. The number of amides is 2. The van der Waals surface area contributed by atoms with Crippen LogP contribution in [-0.2, 0) is 15.5 Å². The lowest BCUT2D eigenvalue weighted by molar-refractivity contribution is 0.0847. The first kappa shape index (κ1) is 18.4. The van der Waals surface area contributed by atoms with Crippen molar-refractivity contribution in [2.75, 3.05) is 32.0 Å². The largest absolute Gasteiger partial charge is 0.376 e. The minimum Gasteiger partial charge on any atom is -0.376 e. The van der Waals surface area contributed by atoms with Crippen LogP contribution >= 0.6 is 0 Å². The second-order valence-electron chi connectivity index (χ2n) is 5.43. The second-order valence-corrected chi connectivity index (χ2v) is 6.97. The highest BCUT2D eigenvalue weighted by atomic mass is 32.2. The van der Waals surface area contributed by atoms with Gasteiger partial charge in [0.05, 0.1) is 28.3 Å². The first-order valence-corrected chi connectivity index (χ1v) is 9.14. The fourth-order valence-corrected chi connectivity index (χ4v) is 3.49. The maximum atomic E-state index is 13.6. The molecule has 7 heteroatoms. The third kappa shape index (κ3) is 5.32. The fourth-order valence-electron chi connectivity index (χ4n) is 2.47. The van der Waals surface area contributed by atoms with Gasteiger partial charge in [-0.2, -0.15) is 0 Å². The van der Waals surface area contributed by atoms with E-state index < -0.39 is 16.6 Å². The highest BCUT2D eigenvalue weighted by Gasteiger charge is 2.22. The van der Waals surface area contributed by atoms with Gasteiger partial charge < -0.3 is 15.0 Å². The summed E-state index contributed by atoms with van der Waals surface area (Å²) in [4.78, 5) is 13.8. The van der Waals surface area contributed by atoms with E-state index in [4.69, 9.17) is 11.2 Å². The third-order valence-corrected chi connectivity index (χ3v) is 5.06. The quantitative estimate of drug-likeness (QED) is 0.761. The molecule has 1 aliphatic heterocycles. The average Bonchev–Trinajstić information content (AvgIpc) is 3.07. The molecule has 0 saturated carbocycles. The highest BCUT2D eigenvalue weighted by molar-refractivity contribution is 7.85. The zero-order valence-corrected chi connectivity index (χ0v) is 14.2. The summed E-state index contributed by atoms with van der Waals surface area (Å²) >= 11 is 0. The van der Waals surface area contributed by atoms with E-state index in [1.807, 2.05) is 0 Å². The van der Waals surface area contributed by atoms with E-state index in [1.165, 1.54) is 17.0 Å². The monoisotopic (exact) mass is 352 g/mol. The molecule has 0 aromatic heterocycles. The van der Waals surface area contributed by atoms with Gasteiger partial charge in [0.25, 0.3) is 0 Å². The first-order valence-electron chi connectivity index (χ1n) is 7.82. The molecule has 1 aromatic carbocycles. The van der Waals surface area contributed by atoms with E-state index in [1.54, 1.807) is 12.1 Å². The van der Waals surface area contributed by atoms with Crippen LogP contribution < -0.4 is 5.32 Å². The minimum absolute atomic E-state index is 0.0108. The molecule has 2 amide bonds. The molecule has 1 heterocycles. The Bertz CT molecular complexity index is 627. The summed E-state index contributed by atoms with van der Waals surface area (Å²) in [7, 11) is -1.51. The number of carbonyl (C=O) groups is 1. The number of nitrogens with zero attached hydrogens (tertiary/aromatic N) is 1. The van der Waals surface area contributed by atoms with Gasteiger partial charge in [0.2, 0.25) is 0 Å². The number of hydrogen-bond donors (Lipinski definition) is 1. The first-order chi connectivity index (χ1) is 11.6. The van der Waals surface area contributed by atoms with Crippen LogP contribution in [0.4, 0.5) is 9.18 Å². The van der Waals surface area contributed by atoms with Crippen molar-refractivity contribution < 1.29 is 18.1 Å². The van der Waals surface area contributed by atoms with E-state index in [0.29, 0.717) is 13.2 Å². The highest BCUT2D eigenvalue weighted by Crippen LogP contribution is 2.13. The van der Waals surface area contributed by atoms with Crippen LogP contribution in [0.2, 0.25) is 0 Å². The Labute approximate surface area is 144 Å². The van der Waals surface area contributed by atoms with Gasteiger partial charge in [0.15, 0.2) is 0 Å². The topological polar surface area (TPSA) is 58.6 Å². The molecular weight excluding hydrogens is 331 g/mol. The summed E-state index contributed by atoms with van der Waals surface area (Å²) in [5, 5.41) is 2.68. The lowest BCUT2D eigenvalue weighted by Crippen LogP contribution is -2.44. The Kier molecular flexibility index (Phi) is 7.22. The van der Waals surface area contributed by atoms with Gasteiger partial charge in [-0.15, -0.1) is 6.42 Å². The molecule has 2 atom stereocenters. The zero-order chi connectivity index (χ0) is 17.4. The molecule has 1 fully saturated rings. The molecule has 2 rings (SSSR count). The number of urea groups is 1. The van der Waals surface area contributed by atoms with Gasteiger partial charge >= 0.3 is 6.03 Å². The third-order valence-electron chi connectivity index (χ3n) is 3.66. The average molecular weight is 352 g/mol. The molecule has 1 aliphatic rings. The van der Waals surface area contributed by atoms with Crippen LogP contribution in [0, 0.1) is 18.2 Å². The number of terminal acetylenes is 1. The molecule has 1 N–H and O–H groups in total. The predicted molar refractivity (Wildman–Crippen MR) is 90.5 cm³/mol. The molecular formula is C17H21FN2O3S. The molecule has 1 aromatic rings. The van der Waals surface area contributed by atoms with E-state index in [9.17, 15) is 13.4 Å². The summed E-state index contributed by atoms with van der Waals surface area (Å²) in [6, 6.07) is 5.59. The molecule has 0 unspecified atom stereocenters. The molecule has 130 valence electrons. The summed E-state index contributed by atoms with van der Waals surface area (Å²) in [5.41, 5.74) is 0. The fraction of sp³-hybridized carbons (Fsp3) is 0.471. The van der Waals surface area contributed by atoms with Crippen molar-refractivity contribution in [3.8, 4) is 12.3 Å². The predicted octanol–water partition coefficient (Wildman–Crippen LogP) is 1.76. The minimum atomic E-state index is -1.51. The number of rotatable bonds is 7. The second kappa shape index (κ2) is 9.40. The van der Waals surface area contributed by atoms with E-state index in [0.717, 1.165) is 12.8 Å². The molecule has 1 saturated heterocycles. The lowest BCUT2D eigenvalue weighted by atomic mass is 10.2. The van der Waals surface area contributed by atoms with Crippen molar-refractivity contribution in [3.05, 3.63) is 30.1 Å². The number of halogens is 1. The van der Waals surface area contributed by atoms with Crippen molar-refractivity contribution in [1.29, 1.82) is 0 Å². The van der Waals surface area contributed by atoms with Crippen LogP contribution in [-0.4, -0.2) is 53.2 Å². The van der Waals surface area contributed by atoms with Crippen molar-refractivity contribution in [3.63, 3.8) is 0 Å². The van der Waals surface area contributed by atoms with E-state index in [2.05, 4.69) is 11.2 Å². The molecule has 24 heavy (non-hydrogen) atoms. The van der Waals surface area contributed by atoms with Gasteiger partial charge in [-0.1, -0.05) is 18.1 Å². The van der Waals surface area contributed by atoms with Crippen LogP contribution in [0.1, 0.15) is 12.8 Å². The Morgan fingerprint density at radius 2 is 2.29 bits per heavy atom. The van der Waals surface area contributed by atoms with Crippen LogP contribution in [0.25, 0.3) is 0 Å². The van der Waals surface area contributed by atoms with Gasteiger partial charge in [-0.25, -0.2) is 9.18 Å². The van der Waals surface area contributed by atoms with Crippen molar-refractivity contribution in [2.24, 2.45) is 0 Å². The summed E-state index contributed by atoms with van der Waals surface area (Å²) < 4.78 is 31.1. The van der Waals surface area contributed by atoms with Gasteiger partial charge in [0.1, 0.15) is 5.82 Å². The molecule has 0 bridgehead atoms. The Morgan fingerprint density at radius 1 is 1.50 bits per heavy atom. The molecule has 5 nitrogen and oxygen atoms in total. The van der Waals surface area contributed by atoms with Crippen molar-refractivity contribution in [1.82, 2.24) is 10.2 Å². The number of nitrogens with one attached hydrogen (secondary N) is 1. The van der Waals surface area contributed by atoms with E-state index in [-0.39, 0.29) is 35.9 Å². The van der Waals surface area contributed by atoms with Crippen LogP contribution in [0.15, 0.2) is 29.2 Å². The maximum Gasteiger partial charge on any atom is 0.318 e. The Hall–Kier alpha value is -1.91. The van der Waals surface area contributed by atoms with Gasteiger partial charge in [0, 0.05) is 25.4 Å². The maximum absolute atomic E-state index is 13.6. The summed E-state index contributed by atoms with van der Waals surface area (Å²) in [5.74, 6) is 2.09. The molecule has 0 spiro atoms. The van der Waals surface area contributed by atoms with E-state index >= 15 is 0 Å². The van der Waals surface area contributed by atoms with Crippen molar-refractivity contribution in [2.45, 2.75) is 23.8 Å². The van der Waals surface area contributed by atoms with Gasteiger partial charge in [-0.3, -0.25) is 4.21 Å². The molecule has 0 radical (unpaired) electrons. The standard InChI is InChI=1S/C17H21FN2O3S/c1-2-10-20(13-14-6-5-11-23-14)17(21)19-9-12-24(22)16-8-4-3-7-15(16)18/h1,3-4,7-8,14H,5-6,9-13H2,(H,19,21)/t14-,24-/m1/s1. The number of benzene rings is 1. The smallest absolute Gasteiger partial charge is 0.318 e. The number of hydrogen-bond acceptors (Lipinski definition) is 3. The SMILES string of the molecule is C#CCN(C[C@H]1CCCO1)C(=O)NCC[S@@](=O)c1ccccc1F. The van der Waals surface area contributed by atoms with Crippen molar-refractivity contribution >= 4 is 16.8 Å². The number of ether oxygens (including phenoxy) is 1. The summed E-state index contributed by atoms with van der Waals surface area (Å²) in [6.07, 6.45) is 7.21. The zero-order valence-electron chi connectivity index (χ0n) is 13.4. The van der Waals surface area contributed by atoms with Crippen LogP contribution in [0.5, 0.6) is 0 Å². The molecule has 0 aliphatic carbocycles. The van der Waals surface area contributed by atoms with Gasteiger partial charge in [-0.05, 0) is 25.0 Å². The number of carbonyl (C=O) groups excluding carboxylic acids is 1.